The van der Waals surface area contributed by atoms with E-state index < -0.39 is 0 Å². The zero-order chi connectivity index (χ0) is 19.2. The molecule has 0 radical (unpaired) electrons. The van der Waals surface area contributed by atoms with Crippen molar-refractivity contribution in [3.8, 4) is 5.69 Å². The summed E-state index contributed by atoms with van der Waals surface area (Å²) in [6, 6.07) is 15.2. The summed E-state index contributed by atoms with van der Waals surface area (Å²) < 4.78 is 7.10. The zero-order valence-corrected chi connectivity index (χ0v) is 16.5. The lowest BCUT2D eigenvalue weighted by atomic mass is 10.2. The van der Waals surface area contributed by atoms with Crippen LogP contribution in [0.15, 0.2) is 53.7 Å². The van der Waals surface area contributed by atoms with Crippen LogP contribution >= 0.6 is 23.4 Å². The minimum Gasteiger partial charge on any atom is -0.377 e. The van der Waals surface area contributed by atoms with Gasteiger partial charge in [0, 0.05) is 23.5 Å². The molecule has 1 N–H and O–H groups in total. The quantitative estimate of drug-likeness (QED) is 0.602. The number of amides is 1. The van der Waals surface area contributed by atoms with Crippen LogP contribution in [-0.2, 0) is 16.1 Å². The number of carbonyl (C=O) groups is 1. The van der Waals surface area contributed by atoms with E-state index in [0.717, 1.165) is 11.3 Å². The number of nitrogens with zero attached hydrogens (tertiary/aromatic N) is 3. The van der Waals surface area contributed by atoms with Gasteiger partial charge in [0.2, 0.25) is 5.91 Å². The van der Waals surface area contributed by atoms with Gasteiger partial charge in [0.05, 0.1) is 5.75 Å². The van der Waals surface area contributed by atoms with Gasteiger partial charge in [-0.2, -0.15) is 0 Å². The molecule has 1 amide bonds. The largest absolute Gasteiger partial charge is 0.377 e. The first-order valence-corrected chi connectivity index (χ1v) is 9.62. The predicted octanol–water partition coefficient (Wildman–Crippen LogP) is 4.11. The van der Waals surface area contributed by atoms with Crippen LogP contribution in [-0.4, -0.2) is 33.5 Å². The summed E-state index contributed by atoms with van der Waals surface area (Å²) in [4.78, 5) is 12.3. The molecule has 8 heteroatoms. The van der Waals surface area contributed by atoms with Crippen LogP contribution in [0.5, 0.6) is 0 Å². The van der Waals surface area contributed by atoms with Gasteiger partial charge in [-0.1, -0.05) is 47.6 Å². The molecule has 1 aromatic heterocycles. The van der Waals surface area contributed by atoms with Crippen molar-refractivity contribution in [3.63, 3.8) is 0 Å². The minimum absolute atomic E-state index is 0.143. The third-order valence-electron chi connectivity index (χ3n) is 3.78. The second kappa shape index (κ2) is 9.03. The van der Waals surface area contributed by atoms with E-state index in [2.05, 4.69) is 15.5 Å². The van der Waals surface area contributed by atoms with Gasteiger partial charge in [-0.25, -0.2) is 0 Å². The van der Waals surface area contributed by atoms with Gasteiger partial charge in [0.25, 0.3) is 0 Å². The first-order valence-electron chi connectivity index (χ1n) is 8.26. The Bertz CT molecular complexity index is 931. The molecule has 3 rings (SSSR count). The van der Waals surface area contributed by atoms with Crippen molar-refractivity contribution in [1.82, 2.24) is 14.8 Å². The minimum atomic E-state index is -0.143. The van der Waals surface area contributed by atoms with Crippen LogP contribution in [0.1, 0.15) is 11.4 Å². The molecule has 0 spiro atoms. The molecular weight excluding hydrogens is 384 g/mol. The molecule has 0 unspecified atom stereocenters. The van der Waals surface area contributed by atoms with E-state index in [1.165, 1.54) is 11.8 Å². The third kappa shape index (κ3) is 4.88. The Labute approximate surface area is 166 Å². The van der Waals surface area contributed by atoms with Gasteiger partial charge in [-0.05, 0) is 36.8 Å². The van der Waals surface area contributed by atoms with Crippen molar-refractivity contribution in [1.29, 1.82) is 0 Å². The second-order valence-electron chi connectivity index (χ2n) is 5.80. The molecule has 0 bridgehead atoms. The number of aromatic nitrogens is 3. The first-order chi connectivity index (χ1) is 13.1. The smallest absolute Gasteiger partial charge is 0.234 e. The Balaban J connectivity index is 1.72. The van der Waals surface area contributed by atoms with Crippen molar-refractivity contribution in [2.75, 3.05) is 18.2 Å². The van der Waals surface area contributed by atoms with E-state index >= 15 is 0 Å². The highest BCUT2D eigenvalue weighted by molar-refractivity contribution is 7.99. The van der Waals surface area contributed by atoms with E-state index in [0.29, 0.717) is 28.3 Å². The fourth-order valence-corrected chi connectivity index (χ4v) is 3.40. The second-order valence-corrected chi connectivity index (χ2v) is 7.15. The number of para-hydroxylation sites is 1. The van der Waals surface area contributed by atoms with Crippen molar-refractivity contribution in [2.45, 2.75) is 18.7 Å². The van der Waals surface area contributed by atoms with Gasteiger partial charge in [-0.3, -0.25) is 9.36 Å². The number of halogens is 1. The van der Waals surface area contributed by atoms with E-state index in [1.807, 2.05) is 54.0 Å². The molecule has 0 saturated carbocycles. The number of anilines is 1. The average Bonchev–Trinajstić information content (AvgIpc) is 3.07. The molecule has 2 aromatic carbocycles. The molecule has 0 aliphatic rings. The Hall–Kier alpha value is -2.35. The Morgan fingerprint density at radius 3 is 2.70 bits per heavy atom. The Morgan fingerprint density at radius 2 is 2.00 bits per heavy atom. The van der Waals surface area contributed by atoms with Crippen LogP contribution in [0.4, 0.5) is 5.69 Å². The highest BCUT2D eigenvalue weighted by Crippen LogP contribution is 2.23. The number of hydrogen-bond acceptors (Lipinski definition) is 5. The summed E-state index contributed by atoms with van der Waals surface area (Å²) in [7, 11) is 1.61. The molecule has 0 aliphatic heterocycles. The van der Waals surface area contributed by atoms with Crippen molar-refractivity contribution in [2.24, 2.45) is 0 Å². The lowest BCUT2D eigenvalue weighted by Crippen LogP contribution is -2.14. The maximum Gasteiger partial charge on any atom is 0.234 e. The summed E-state index contributed by atoms with van der Waals surface area (Å²) in [5.41, 5.74) is 2.55. The van der Waals surface area contributed by atoms with E-state index in [4.69, 9.17) is 16.3 Å². The van der Waals surface area contributed by atoms with Gasteiger partial charge in [0.1, 0.15) is 6.61 Å². The number of aryl methyl sites for hydroxylation is 1. The van der Waals surface area contributed by atoms with Crippen molar-refractivity contribution >= 4 is 35.0 Å². The maximum atomic E-state index is 12.3. The van der Waals surface area contributed by atoms with Gasteiger partial charge in [-0.15, -0.1) is 10.2 Å². The zero-order valence-electron chi connectivity index (χ0n) is 15.0. The SMILES string of the molecule is COCc1nnc(SCC(=O)Nc2ccc(C)c(Cl)c2)n1-c1ccccc1. The number of benzene rings is 2. The highest BCUT2D eigenvalue weighted by atomic mass is 35.5. The molecular formula is C19H19ClN4O2S. The standard InChI is InChI=1S/C19H19ClN4O2S/c1-13-8-9-14(10-16(13)20)21-18(25)12-27-19-23-22-17(11-26-2)24(19)15-6-4-3-5-7-15/h3-10H,11-12H2,1-2H3,(H,21,25). The number of hydrogen-bond donors (Lipinski definition) is 1. The molecule has 0 saturated heterocycles. The lowest BCUT2D eigenvalue weighted by molar-refractivity contribution is -0.113. The van der Waals surface area contributed by atoms with Gasteiger partial charge in [0.15, 0.2) is 11.0 Å². The fourth-order valence-electron chi connectivity index (χ4n) is 2.45. The summed E-state index contributed by atoms with van der Waals surface area (Å²) in [6.45, 7) is 2.24. The summed E-state index contributed by atoms with van der Waals surface area (Å²) in [5, 5.41) is 12.5. The predicted molar refractivity (Wildman–Crippen MR) is 108 cm³/mol. The maximum absolute atomic E-state index is 12.3. The number of carbonyl (C=O) groups excluding carboxylic acids is 1. The summed E-state index contributed by atoms with van der Waals surface area (Å²) in [5.74, 6) is 0.733. The average molecular weight is 403 g/mol. The Kier molecular flexibility index (Phi) is 6.49. The van der Waals surface area contributed by atoms with Gasteiger partial charge < -0.3 is 10.1 Å². The van der Waals surface area contributed by atoms with E-state index in [-0.39, 0.29) is 11.7 Å². The van der Waals surface area contributed by atoms with Crippen LogP contribution in [0.2, 0.25) is 5.02 Å². The molecule has 1 heterocycles. The number of ether oxygens (including phenoxy) is 1. The van der Waals surface area contributed by atoms with Gasteiger partial charge >= 0.3 is 0 Å². The fraction of sp³-hybridized carbons (Fsp3) is 0.211. The molecule has 0 fully saturated rings. The molecule has 140 valence electrons. The lowest BCUT2D eigenvalue weighted by Gasteiger charge is -2.10. The normalized spacial score (nSPS) is 10.8. The topological polar surface area (TPSA) is 69.0 Å². The van der Waals surface area contributed by atoms with Crippen LogP contribution in [0.25, 0.3) is 5.69 Å². The van der Waals surface area contributed by atoms with Crippen molar-refractivity contribution < 1.29 is 9.53 Å². The number of methoxy groups -OCH3 is 1. The Morgan fingerprint density at radius 1 is 1.22 bits per heavy atom. The monoisotopic (exact) mass is 402 g/mol. The molecule has 27 heavy (non-hydrogen) atoms. The number of nitrogens with one attached hydrogen (secondary N) is 1. The summed E-state index contributed by atoms with van der Waals surface area (Å²) >= 11 is 7.41. The summed E-state index contributed by atoms with van der Waals surface area (Å²) in [6.07, 6.45) is 0. The number of rotatable bonds is 7. The van der Waals surface area contributed by atoms with E-state index in [1.54, 1.807) is 13.2 Å². The first kappa shape index (κ1) is 19.4. The molecule has 0 aliphatic carbocycles. The van der Waals surface area contributed by atoms with Crippen LogP contribution < -0.4 is 5.32 Å². The number of thioether (sulfide) groups is 1. The van der Waals surface area contributed by atoms with E-state index in [9.17, 15) is 4.79 Å². The van der Waals surface area contributed by atoms with Crippen molar-refractivity contribution in [3.05, 3.63) is 64.9 Å². The molecule has 0 atom stereocenters. The highest BCUT2D eigenvalue weighted by Gasteiger charge is 2.15. The third-order valence-corrected chi connectivity index (χ3v) is 5.11. The molecule has 3 aromatic rings. The van der Waals surface area contributed by atoms with Crippen LogP contribution in [0.3, 0.4) is 0 Å². The molecule has 6 nitrogen and oxygen atoms in total. The van der Waals surface area contributed by atoms with Crippen LogP contribution in [0, 0.1) is 6.92 Å².